The number of nitrogens with one attached hydrogen (secondary N) is 1. The van der Waals surface area contributed by atoms with Crippen LogP contribution in [-0.4, -0.2) is 18.2 Å². The highest BCUT2D eigenvalue weighted by Gasteiger charge is 2.11. The predicted molar refractivity (Wildman–Crippen MR) is 95.3 cm³/mol. The SMILES string of the molecule is O=C(NCCSCc1ccsc1)c1cc(=O)c2ccccc2o1. The normalized spacial score (nSPS) is 10.8. The van der Waals surface area contributed by atoms with Crippen molar-refractivity contribution >= 4 is 40.0 Å². The molecule has 23 heavy (non-hydrogen) atoms. The number of rotatable bonds is 6. The molecule has 0 aliphatic heterocycles. The third-order valence-electron chi connectivity index (χ3n) is 3.24. The summed E-state index contributed by atoms with van der Waals surface area (Å²) < 4.78 is 5.50. The summed E-state index contributed by atoms with van der Waals surface area (Å²) in [7, 11) is 0. The Hall–Kier alpha value is -2.05. The zero-order valence-electron chi connectivity index (χ0n) is 12.3. The van der Waals surface area contributed by atoms with E-state index in [9.17, 15) is 9.59 Å². The van der Waals surface area contributed by atoms with Gasteiger partial charge in [-0.05, 0) is 34.5 Å². The molecule has 1 aromatic carbocycles. The molecule has 1 amide bonds. The van der Waals surface area contributed by atoms with Crippen LogP contribution in [0.25, 0.3) is 11.0 Å². The van der Waals surface area contributed by atoms with E-state index in [1.165, 1.54) is 11.6 Å². The first-order valence-electron chi connectivity index (χ1n) is 7.14. The summed E-state index contributed by atoms with van der Waals surface area (Å²) in [5.74, 6) is 1.43. The van der Waals surface area contributed by atoms with Crippen LogP contribution in [0.15, 0.2) is 56.4 Å². The van der Waals surface area contributed by atoms with Crippen LogP contribution in [0.5, 0.6) is 0 Å². The number of amides is 1. The number of para-hydroxylation sites is 1. The molecule has 2 aromatic heterocycles. The van der Waals surface area contributed by atoms with E-state index in [0.717, 1.165) is 11.5 Å². The molecule has 0 saturated carbocycles. The van der Waals surface area contributed by atoms with Gasteiger partial charge in [0.15, 0.2) is 11.2 Å². The molecular formula is C17H15NO3S2. The minimum Gasteiger partial charge on any atom is -0.451 e. The van der Waals surface area contributed by atoms with Gasteiger partial charge >= 0.3 is 0 Å². The lowest BCUT2D eigenvalue weighted by Crippen LogP contribution is -2.26. The van der Waals surface area contributed by atoms with Crippen LogP contribution < -0.4 is 10.7 Å². The average molecular weight is 345 g/mol. The summed E-state index contributed by atoms with van der Waals surface area (Å²) in [6.45, 7) is 0.532. The van der Waals surface area contributed by atoms with Gasteiger partial charge in [0, 0.05) is 24.1 Å². The van der Waals surface area contributed by atoms with Crippen molar-refractivity contribution in [2.45, 2.75) is 5.75 Å². The van der Waals surface area contributed by atoms with Gasteiger partial charge in [-0.1, -0.05) is 12.1 Å². The molecule has 3 aromatic rings. The van der Waals surface area contributed by atoms with Gasteiger partial charge in [-0.25, -0.2) is 0 Å². The lowest BCUT2D eigenvalue weighted by Gasteiger charge is -2.05. The molecule has 118 valence electrons. The van der Waals surface area contributed by atoms with Crippen molar-refractivity contribution in [3.63, 3.8) is 0 Å². The summed E-state index contributed by atoms with van der Waals surface area (Å²) in [4.78, 5) is 24.0. The Bertz CT molecular complexity index is 856. The molecule has 2 heterocycles. The molecular weight excluding hydrogens is 330 g/mol. The highest BCUT2D eigenvalue weighted by molar-refractivity contribution is 7.98. The van der Waals surface area contributed by atoms with Gasteiger partial charge in [-0.3, -0.25) is 9.59 Å². The van der Waals surface area contributed by atoms with E-state index in [-0.39, 0.29) is 17.1 Å². The highest BCUT2D eigenvalue weighted by atomic mass is 32.2. The first-order chi connectivity index (χ1) is 11.2. The number of carbonyl (C=O) groups is 1. The van der Waals surface area contributed by atoms with Crippen molar-refractivity contribution in [2.75, 3.05) is 12.3 Å². The molecule has 6 heteroatoms. The Kier molecular flexibility index (Phi) is 5.15. The van der Waals surface area contributed by atoms with E-state index < -0.39 is 0 Å². The third kappa shape index (κ3) is 4.03. The topological polar surface area (TPSA) is 59.3 Å². The summed E-state index contributed by atoms with van der Waals surface area (Å²) in [5, 5.41) is 7.44. The fourth-order valence-corrected chi connectivity index (χ4v) is 3.68. The maximum Gasteiger partial charge on any atom is 0.287 e. The van der Waals surface area contributed by atoms with Crippen molar-refractivity contribution < 1.29 is 9.21 Å². The second-order valence-electron chi connectivity index (χ2n) is 4.91. The largest absolute Gasteiger partial charge is 0.451 e. The Balaban J connectivity index is 1.55. The van der Waals surface area contributed by atoms with Crippen LogP contribution in [0.1, 0.15) is 16.1 Å². The van der Waals surface area contributed by atoms with Crippen LogP contribution in [0.2, 0.25) is 0 Å². The number of fused-ring (bicyclic) bond motifs is 1. The summed E-state index contributed by atoms with van der Waals surface area (Å²) >= 11 is 3.44. The Morgan fingerprint density at radius 2 is 2.13 bits per heavy atom. The number of hydrogen-bond donors (Lipinski definition) is 1. The van der Waals surface area contributed by atoms with Crippen LogP contribution in [0.3, 0.4) is 0 Å². The number of carbonyl (C=O) groups excluding carboxylic acids is 1. The molecule has 0 atom stereocenters. The molecule has 0 fully saturated rings. The maximum atomic E-state index is 12.1. The van der Waals surface area contributed by atoms with Gasteiger partial charge in [0.1, 0.15) is 5.58 Å². The Morgan fingerprint density at radius 3 is 2.96 bits per heavy atom. The quantitative estimate of drug-likeness (QED) is 0.695. The average Bonchev–Trinajstić information content (AvgIpc) is 3.07. The minimum atomic E-state index is -0.357. The van der Waals surface area contributed by atoms with Crippen molar-refractivity contribution in [2.24, 2.45) is 0 Å². The summed E-state index contributed by atoms with van der Waals surface area (Å²) in [6.07, 6.45) is 0. The second-order valence-corrected chi connectivity index (χ2v) is 6.80. The van der Waals surface area contributed by atoms with E-state index in [4.69, 9.17) is 4.42 Å². The number of thioether (sulfide) groups is 1. The van der Waals surface area contributed by atoms with Gasteiger partial charge in [-0.15, -0.1) is 0 Å². The zero-order chi connectivity index (χ0) is 16.1. The van der Waals surface area contributed by atoms with Gasteiger partial charge in [0.2, 0.25) is 0 Å². The molecule has 0 aliphatic rings. The van der Waals surface area contributed by atoms with E-state index in [1.54, 1.807) is 47.4 Å². The minimum absolute atomic E-state index is 0.0523. The molecule has 4 nitrogen and oxygen atoms in total. The van der Waals surface area contributed by atoms with E-state index in [2.05, 4.69) is 22.1 Å². The molecule has 0 aliphatic carbocycles. The Morgan fingerprint density at radius 1 is 1.26 bits per heavy atom. The van der Waals surface area contributed by atoms with Gasteiger partial charge in [0.05, 0.1) is 5.39 Å². The first kappa shape index (κ1) is 15.8. The second kappa shape index (κ2) is 7.48. The summed E-state index contributed by atoms with van der Waals surface area (Å²) in [5.41, 5.74) is 1.52. The molecule has 0 bridgehead atoms. The predicted octanol–water partition coefficient (Wildman–Crippen LogP) is 3.52. The van der Waals surface area contributed by atoms with Crippen molar-refractivity contribution in [1.29, 1.82) is 0 Å². The maximum absolute atomic E-state index is 12.1. The molecule has 0 spiro atoms. The molecule has 0 radical (unpaired) electrons. The van der Waals surface area contributed by atoms with Crippen LogP contribution in [0.4, 0.5) is 0 Å². The van der Waals surface area contributed by atoms with Crippen LogP contribution in [-0.2, 0) is 5.75 Å². The lowest BCUT2D eigenvalue weighted by atomic mass is 10.2. The van der Waals surface area contributed by atoms with Crippen molar-refractivity contribution in [3.8, 4) is 0 Å². The standard InChI is InChI=1S/C17H15NO3S2/c19-14-9-16(21-15-4-2-1-3-13(14)15)17(20)18-6-8-23-11-12-5-7-22-10-12/h1-5,7,9-10H,6,8,11H2,(H,18,20). The number of benzene rings is 1. The number of thiophene rings is 1. The lowest BCUT2D eigenvalue weighted by molar-refractivity contribution is 0.0929. The smallest absolute Gasteiger partial charge is 0.287 e. The Labute approximate surface area is 141 Å². The van der Waals surface area contributed by atoms with E-state index >= 15 is 0 Å². The van der Waals surface area contributed by atoms with Crippen LogP contribution >= 0.6 is 23.1 Å². The van der Waals surface area contributed by atoms with E-state index in [0.29, 0.717) is 17.5 Å². The van der Waals surface area contributed by atoms with E-state index in [1.807, 2.05) is 0 Å². The zero-order valence-corrected chi connectivity index (χ0v) is 13.9. The number of hydrogen-bond acceptors (Lipinski definition) is 5. The van der Waals surface area contributed by atoms with Crippen LogP contribution in [0, 0.1) is 0 Å². The molecule has 0 unspecified atom stereocenters. The molecule has 0 saturated heterocycles. The first-order valence-corrected chi connectivity index (χ1v) is 9.24. The fourth-order valence-electron chi connectivity index (χ4n) is 2.10. The van der Waals surface area contributed by atoms with Gasteiger partial charge in [-0.2, -0.15) is 23.1 Å². The molecule has 1 N–H and O–H groups in total. The monoisotopic (exact) mass is 345 g/mol. The van der Waals surface area contributed by atoms with Gasteiger partial charge < -0.3 is 9.73 Å². The summed E-state index contributed by atoms with van der Waals surface area (Å²) in [6, 6.07) is 10.3. The third-order valence-corrected chi connectivity index (χ3v) is 5.00. The van der Waals surface area contributed by atoms with Crippen molar-refractivity contribution in [1.82, 2.24) is 5.32 Å². The van der Waals surface area contributed by atoms with Crippen molar-refractivity contribution in [3.05, 3.63) is 68.7 Å². The molecule has 3 rings (SSSR count). The highest BCUT2D eigenvalue weighted by Crippen LogP contribution is 2.14. The fraction of sp³-hybridized carbons (Fsp3) is 0.176. The van der Waals surface area contributed by atoms with Gasteiger partial charge in [0.25, 0.3) is 5.91 Å².